The molecule has 0 N–H and O–H groups in total. The quantitative estimate of drug-likeness (QED) is 0.358. The minimum atomic E-state index is -0.00712. The third kappa shape index (κ3) is 13.5. The van der Waals surface area contributed by atoms with Crippen LogP contribution in [0.5, 0.6) is 0 Å². The highest BCUT2D eigenvalue weighted by Crippen LogP contribution is 2.09. The van der Waals surface area contributed by atoms with Gasteiger partial charge in [0, 0.05) is 6.42 Å². The van der Waals surface area contributed by atoms with Crippen molar-refractivity contribution in [2.45, 2.75) is 85.0 Å². The Morgan fingerprint density at radius 2 is 1.61 bits per heavy atom. The van der Waals surface area contributed by atoms with Gasteiger partial charge in [-0.3, -0.25) is 4.79 Å². The number of rotatable bonds is 12. The predicted molar refractivity (Wildman–Crippen MR) is 77.6 cm³/mol. The van der Waals surface area contributed by atoms with Gasteiger partial charge in [-0.2, -0.15) is 0 Å². The third-order valence-electron chi connectivity index (χ3n) is 3.17. The van der Waals surface area contributed by atoms with Crippen LogP contribution in [-0.2, 0) is 9.53 Å². The second-order valence-electron chi connectivity index (χ2n) is 5.63. The third-order valence-corrected chi connectivity index (χ3v) is 3.17. The summed E-state index contributed by atoms with van der Waals surface area (Å²) >= 11 is 0. The van der Waals surface area contributed by atoms with Gasteiger partial charge in [-0.15, -0.1) is 0 Å². The van der Waals surface area contributed by atoms with E-state index < -0.39 is 0 Å². The number of ether oxygens (including phenoxy) is 1. The molecular weight excluding hydrogens is 224 g/mol. The summed E-state index contributed by atoms with van der Waals surface area (Å²) in [6.45, 7) is 7.28. The lowest BCUT2D eigenvalue weighted by molar-refractivity contribution is -0.143. The minimum absolute atomic E-state index is 0.00712. The molecular formula is C16H32O2. The molecule has 0 atom stereocenters. The Bertz CT molecular complexity index is 188. The van der Waals surface area contributed by atoms with Crippen LogP contribution in [0.4, 0.5) is 0 Å². The maximum absolute atomic E-state index is 11.4. The molecule has 0 heterocycles. The molecule has 108 valence electrons. The maximum atomic E-state index is 11.4. The Labute approximate surface area is 113 Å². The van der Waals surface area contributed by atoms with Crippen LogP contribution in [0.1, 0.15) is 85.0 Å². The van der Waals surface area contributed by atoms with Gasteiger partial charge in [-0.25, -0.2) is 0 Å². The smallest absolute Gasteiger partial charge is 0.305 e. The van der Waals surface area contributed by atoms with Gasteiger partial charge in [-0.05, 0) is 18.8 Å². The Kier molecular flexibility index (Phi) is 12.5. The van der Waals surface area contributed by atoms with E-state index in [1.165, 1.54) is 38.5 Å². The Morgan fingerprint density at radius 3 is 2.28 bits per heavy atom. The lowest BCUT2D eigenvalue weighted by Gasteiger charge is -2.06. The van der Waals surface area contributed by atoms with E-state index in [4.69, 9.17) is 4.74 Å². The lowest BCUT2D eigenvalue weighted by atomic mass is 10.1. The molecule has 2 nitrogen and oxygen atoms in total. The van der Waals surface area contributed by atoms with Crippen molar-refractivity contribution >= 4 is 5.97 Å². The number of unbranched alkanes of at least 4 members (excludes halogenated alkanes) is 6. The van der Waals surface area contributed by atoms with E-state index in [2.05, 4.69) is 20.8 Å². The largest absolute Gasteiger partial charge is 0.466 e. The number of carbonyl (C=O) groups excluding carboxylic acids is 1. The Hall–Kier alpha value is -0.530. The normalized spacial score (nSPS) is 10.9. The molecule has 0 unspecified atom stereocenters. The predicted octanol–water partition coefficient (Wildman–Crippen LogP) is 5.11. The van der Waals surface area contributed by atoms with Crippen molar-refractivity contribution in [1.29, 1.82) is 0 Å². The lowest BCUT2D eigenvalue weighted by Crippen LogP contribution is -2.05. The van der Waals surface area contributed by atoms with Crippen molar-refractivity contribution in [2.24, 2.45) is 5.92 Å². The van der Waals surface area contributed by atoms with Crippen molar-refractivity contribution in [1.82, 2.24) is 0 Å². The molecule has 0 rings (SSSR count). The standard InChI is InChI=1S/C16H32O2/c1-4-5-6-7-8-11-14-18-16(17)13-10-9-12-15(2)3/h15H,4-14H2,1-3H3. The molecule has 0 bridgehead atoms. The zero-order valence-electron chi connectivity index (χ0n) is 12.7. The van der Waals surface area contributed by atoms with Gasteiger partial charge in [0.1, 0.15) is 0 Å². The summed E-state index contributed by atoms with van der Waals surface area (Å²) in [5, 5.41) is 0. The number of esters is 1. The van der Waals surface area contributed by atoms with Crippen molar-refractivity contribution < 1.29 is 9.53 Å². The van der Waals surface area contributed by atoms with Crippen molar-refractivity contribution in [3.8, 4) is 0 Å². The molecule has 0 aromatic heterocycles. The summed E-state index contributed by atoms with van der Waals surface area (Å²) < 4.78 is 5.22. The molecule has 0 amide bonds. The van der Waals surface area contributed by atoms with E-state index in [0.717, 1.165) is 25.2 Å². The summed E-state index contributed by atoms with van der Waals surface area (Å²) in [4.78, 5) is 11.4. The van der Waals surface area contributed by atoms with Gasteiger partial charge in [0.25, 0.3) is 0 Å². The summed E-state index contributed by atoms with van der Waals surface area (Å²) in [7, 11) is 0. The van der Waals surface area contributed by atoms with E-state index in [0.29, 0.717) is 13.0 Å². The van der Waals surface area contributed by atoms with Gasteiger partial charge in [0.05, 0.1) is 6.61 Å². The van der Waals surface area contributed by atoms with Crippen molar-refractivity contribution in [3.63, 3.8) is 0 Å². The van der Waals surface area contributed by atoms with Gasteiger partial charge < -0.3 is 4.74 Å². The monoisotopic (exact) mass is 256 g/mol. The Morgan fingerprint density at radius 1 is 0.944 bits per heavy atom. The first-order valence-corrected chi connectivity index (χ1v) is 7.82. The fourth-order valence-corrected chi connectivity index (χ4v) is 1.96. The molecule has 0 saturated carbocycles. The van der Waals surface area contributed by atoms with Gasteiger partial charge in [0.2, 0.25) is 0 Å². The van der Waals surface area contributed by atoms with E-state index >= 15 is 0 Å². The van der Waals surface area contributed by atoms with E-state index in [1.807, 2.05) is 0 Å². The highest BCUT2D eigenvalue weighted by atomic mass is 16.5. The van der Waals surface area contributed by atoms with Crippen molar-refractivity contribution in [2.75, 3.05) is 6.61 Å². The van der Waals surface area contributed by atoms with Crippen LogP contribution in [0.2, 0.25) is 0 Å². The zero-order chi connectivity index (χ0) is 13.6. The molecule has 0 aliphatic heterocycles. The number of carbonyl (C=O) groups is 1. The molecule has 0 aliphatic rings. The van der Waals surface area contributed by atoms with E-state index in [9.17, 15) is 4.79 Å². The zero-order valence-corrected chi connectivity index (χ0v) is 12.7. The van der Waals surface area contributed by atoms with Gasteiger partial charge >= 0.3 is 5.97 Å². The topological polar surface area (TPSA) is 26.3 Å². The summed E-state index contributed by atoms with van der Waals surface area (Å²) in [6, 6.07) is 0. The highest BCUT2D eigenvalue weighted by molar-refractivity contribution is 5.69. The maximum Gasteiger partial charge on any atom is 0.305 e. The van der Waals surface area contributed by atoms with Crippen LogP contribution in [0.25, 0.3) is 0 Å². The molecule has 2 heteroatoms. The number of hydrogen-bond acceptors (Lipinski definition) is 2. The second-order valence-corrected chi connectivity index (χ2v) is 5.63. The van der Waals surface area contributed by atoms with Crippen LogP contribution in [0.3, 0.4) is 0 Å². The van der Waals surface area contributed by atoms with Crippen molar-refractivity contribution in [3.05, 3.63) is 0 Å². The second kappa shape index (κ2) is 12.9. The summed E-state index contributed by atoms with van der Waals surface area (Å²) in [5.41, 5.74) is 0. The molecule has 0 aliphatic carbocycles. The summed E-state index contributed by atoms with van der Waals surface area (Å²) in [5.74, 6) is 0.733. The average molecular weight is 256 g/mol. The van der Waals surface area contributed by atoms with Crippen LogP contribution in [0, 0.1) is 5.92 Å². The first-order valence-electron chi connectivity index (χ1n) is 7.82. The van der Waals surface area contributed by atoms with Crippen LogP contribution in [0.15, 0.2) is 0 Å². The van der Waals surface area contributed by atoms with Crippen LogP contribution in [-0.4, -0.2) is 12.6 Å². The molecule has 0 aromatic rings. The molecule has 0 radical (unpaired) electrons. The Balaban J connectivity index is 3.17. The molecule has 18 heavy (non-hydrogen) atoms. The van der Waals surface area contributed by atoms with Crippen LogP contribution < -0.4 is 0 Å². The fourth-order valence-electron chi connectivity index (χ4n) is 1.96. The molecule has 0 saturated heterocycles. The fraction of sp³-hybridized carbons (Fsp3) is 0.938. The van der Waals surface area contributed by atoms with Gasteiger partial charge in [-0.1, -0.05) is 65.7 Å². The van der Waals surface area contributed by atoms with E-state index in [1.54, 1.807) is 0 Å². The van der Waals surface area contributed by atoms with Crippen LogP contribution >= 0.6 is 0 Å². The average Bonchev–Trinajstić information content (AvgIpc) is 2.33. The summed E-state index contributed by atoms with van der Waals surface area (Å²) in [6.07, 6.45) is 11.4. The highest BCUT2D eigenvalue weighted by Gasteiger charge is 2.03. The van der Waals surface area contributed by atoms with E-state index in [-0.39, 0.29) is 5.97 Å². The SMILES string of the molecule is CCCCCCCCOC(=O)CCCCC(C)C. The first kappa shape index (κ1) is 17.5. The van der Waals surface area contributed by atoms with Gasteiger partial charge in [0.15, 0.2) is 0 Å². The molecule has 0 spiro atoms. The minimum Gasteiger partial charge on any atom is -0.466 e. The molecule has 0 fully saturated rings. The molecule has 0 aromatic carbocycles. The first-order chi connectivity index (χ1) is 8.66. The number of hydrogen-bond donors (Lipinski definition) is 0.